The van der Waals surface area contributed by atoms with Crippen molar-refractivity contribution in [3.05, 3.63) is 0 Å². The van der Waals surface area contributed by atoms with E-state index in [1.54, 1.807) is 9.80 Å². The Hall–Kier alpha value is -1.10. The molecular weight excluding hydrogens is 220 g/mol. The molecule has 2 heterocycles. The summed E-state index contributed by atoms with van der Waals surface area (Å²) in [6, 6.07) is 0. The Morgan fingerprint density at radius 3 is 2.29 bits per heavy atom. The van der Waals surface area contributed by atoms with Crippen LogP contribution in [0.15, 0.2) is 0 Å². The van der Waals surface area contributed by atoms with Gasteiger partial charge in [-0.15, -0.1) is 0 Å². The minimum absolute atomic E-state index is 0.00963. The summed E-state index contributed by atoms with van der Waals surface area (Å²) in [6.45, 7) is 7.27. The van der Waals surface area contributed by atoms with Gasteiger partial charge < -0.3 is 14.9 Å². The normalized spacial score (nSPS) is 26.4. The zero-order valence-corrected chi connectivity index (χ0v) is 10.6. The molecule has 5 heteroatoms. The number of carbonyl (C=O) groups excluding carboxylic acids is 2. The second-order valence-electron chi connectivity index (χ2n) is 5.97. The van der Waals surface area contributed by atoms with Crippen LogP contribution in [0.5, 0.6) is 0 Å². The van der Waals surface area contributed by atoms with Crippen LogP contribution in [0.1, 0.15) is 27.2 Å². The molecule has 0 aliphatic carbocycles. The van der Waals surface area contributed by atoms with Gasteiger partial charge >= 0.3 is 0 Å². The van der Waals surface area contributed by atoms with Crippen molar-refractivity contribution in [2.24, 2.45) is 5.92 Å². The van der Waals surface area contributed by atoms with Gasteiger partial charge in [-0.25, -0.2) is 0 Å². The van der Waals surface area contributed by atoms with Gasteiger partial charge in [0.15, 0.2) is 0 Å². The van der Waals surface area contributed by atoms with Crippen molar-refractivity contribution in [2.45, 2.75) is 38.8 Å². The highest BCUT2D eigenvalue weighted by atomic mass is 16.3. The molecule has 0 radical (unpaired) electrons. The first-order valence-corrected chi connectivity index (χ1v) is 6.06. The van der Waals surface area contributed by atoms with Crippen LogP contribution in [0.3, 0.4) is 0 Å². The third-order valence-electron chi connectivity index (χ3n) is 3.46. The van der Waals surface area contributed by atoms with Gasteiger partial charge in [0, 0.05) is 31.6 Å². The van der Waals surface area contributed by atoms with Crippen LogP contribution in [0, 0.1) is 5.92 Å². The van der Waals surface area contributed by atoms with Crippen LogP contribution in [0.4, 0.5) is 0 Å². The number of hydrogen-bond donors (Lipinski definition) is 1. The highest BCUT2D eigenvalue weighted by Crippen LogP contribution is 2.28. The summed E-state index contributed by atoms with van der Waals surface area (Å²) in [5.41, 5.74) is -0.222. The van der Waals surface area contributed by atoms with Crippen molar-refractivity contribution >= 4 is 11.8 Å². The maximum absolute atomic E-state index is 12.0. The van der Waals surface area contributed by atoms with Gasteiger partial charge in [-0.05, 0) is 20.8 Å². The molecule has 0 spiro atoms. The zero-order chi connectivity index (χ0) is 12.8. The van der Waals surface area contributed by atoms with Crippen molar-refractivity contribution in [1.29, 1.82) is 0 Å². The number of rotatable bonds is 1. The molecule has 2 rings (SSSR count). The van der Waals surface area contributed by atoms with Crippen LogP contribution < -0.4 is 0 Å². The van der Waals surface area contributed by atoms with Gasteiger partial charge in [-0.1, -0.05) is 0 Å². The number of likely N-dealkylation sites (tertiary alicyclic amines) is 2. The van der Waals surface area contributed by atoms with E-state index in [4.69, 9.17) is 0 Å². The Balaban J connectivity index is 1.97. The third-order valence-corrected chi connectivity index (χ3v) is 3.46. The van der Waals surface area contributed by atoms with Crippen molar-refractivity contribution < 1.29 is 14.7 Å². The quantitative estimate of drug-likeness (QED) is 0.692. The molecule has 2 saturated heterocycles. The number of nitrogens with zero attached hydrogens (tertiary/aromatic N) is 2. The van der Waals surface area contributed by atoms with E-state index >= 15 is 0 Å². The van der Waals surface area contributed by atoms with E-state index in [1.807, 2.05) is 20.8 Å². The summed E-state index contributed by atoms with van der Waals surface area (Å²) < 4.78 is 0. The van der Waals surface area contributed by atoms with E-state index in [0.717, 1.165) is 0 Å². The average Bonchev–Trinajstić information content (AvgIpc) is 2.54. The fraction of sp³-hybridized carbons (Fsp3) is 0.833. The van der Waals surface area contributed by atoms with Crippen LogP contribution >= 0.6 is 0 Å². The first-order chi connectivity index (χ1) is 7.79. The lowest BCUT2D eigenvalue weighted by atomic mass is 10.0. The first-order valence-electron chi connectivity index (χ1n) is 6.06. The Labute approximate surface area is 101 Å². The van der Waals surface area contributed by atoms with Crippen LogP contribution in [0.2, 0.25) is 0 Å². The SMILES string of the molecule is CC(C)(C)N1CC(C(=O)N2CC(O)C2)CC1=O. The van der Waals surface area contributed by atoms with Gasteiger partial charge in [0.05, 0.1) is 12.0 Å². The van der Waals surface area contributed by atoms with Gasteiger partial charge in [0.25, 0.3) is 0 Å². The molecule has 5 nitrogen and oxygen atoms in total. The monoisotopic (exact) mass is 240 g/mol. The number of aliphatic hydroxyl groups excluding tert-OH is 1. The molecule has 1 atom stereocenters. The molecule has 17 heavy (non-hydrogen) atoms. The second kappa shape index (κ2) is 3.98. The summed E-state index contributed by atoms with van der Waals surface area (Å²) in [5, 5.41) is 9.17. The summed E-state index contributed by atoms with van der Waals surface area (Å²) in [4.78, 5) is 27.3. The molecule has 2 amide bonds. The number of amides is 2. The van der Waals surface area contributed by atoms with Crippen molar-refractivity contribution in [2.75, 3.05) is 19.6 Å². The molecular formula is C12H20N2O3. The van der Waals surface area contributed by atoms with Crippen LogP contribution in [0.25, 0.3) is 0 Å². The third kappa shape index (κ3) is 2.29. The molecule has 0 aromatic heterocycles. The summed E-state index contributed by atoms with van der Waals surface area (Å²) >= 11 is 0. The second-order valence-corrected chi connectivity index (χ2v) is 5.97. The Morgan fingerprint density at radius 1 is 1.29 bits per heavy atom. The molecule has 0 bridgehead atoms. The van der Waals surface area contributed by atoms with E-state index in [0.29, 0.717) is 26.1 Å². The molecule has 0 saturated carbocycles. The zero-order valence-electron chi connectivity index (χ0n) is 10.6. The Kier molecular flexibility index (Phi) is 2.89. The lowest BCUT2D eigenvalue weighted by Crippen LogP contribution is -2.55. The minimum Gasteiger partial charge on any atom is -0.389 e. The average molecular weight is 240 g/mol. The number of carbonyl (C=O) groups is 2. The van der Waals surface area contributed by atoms with E-state index in [-0.39, 0.29) is 29.4 Å². The molecule has 1 unspecified atom stereocenters. The largest absolute Gasteiger partial charge is 0.389 e. The molecule has 2 aliphatic heterocycles. The topological polar surface area (TPSA) is 60.9 Å². The van der Waals surface area contributed by atoms with Crippen molar-refractivity contribution in [1.82, 2.24) is 9.80 Å². The predicted molar refractivity (Wildman–Crippen MR) is 62.2 cm³/mol. The lowest BCUT2D eigenvalue weighted by molar-refractivity contribution is -0.145. The molecule has 0 aromatic carbocycles. The smallest absolute Gasteiger partial charge is 0.228 e. The summed E-state index contributed by atoms with van der Waals surface area (Å²) in [7, 11) is 0. The maximum atomic E-state index is 12.0. The molecule has 2 fully saturated rings. The highest BCUT2D eigenvalue weighted by Gasteiger charge is 2.42. The van der Waals surface area contributed by atoms with E-state index in [2.05, 4.69) is 0 Å². The summed E-state index contributed by atoms with van der Waals surface area (Å²) in [6.07, 6.45) is -0.0716. The minimum atomic E-state index is -0.380. The van der Waals surface area contributed by atoms with Crippen LogP contribution in [-0.4, -0.2) is 58.0 Å². The standard InChI is InChI=1S/C12H20N2O3/c1-12(2,3)14-5-8(4-10(14)16)11(17)13-6-9(15)7-13/h8-9,15H,4-7H2,1-3H3. The van der Waals surface area contributed by atoms with Crippen LogP contribution in [-0.2, 0) is 9.59 Å². The van der Waals surface area contributed by atoms with E-state index in [1.165, 1.54) is 0 Å². The molecule has 1 N–H and O–H groups in total. The number of aliphatic hydroxyl groups is 1. The fourth-order valence-corrected chi connectivity index (χ4v) is 2.41. The Morgan fingerprint density at radius 2 is 1.88 bits per heavy atom. The fourth-order valence-electron chi connectivity index (χ4n) is 2.41. The van der Waals surface area contributed by atoms with E-state index in [9.17, 15) is 14.7 Å². The molecule has 2 aliphatic rings. The van der Waals surface area contributed by atoms with Gasteiger partial charge in [-0.3, -0.25) is 9.59 Å². The van der Waals surface area contributed by atoms with Gasteiger partial charge in [0.2, 0.25) is 11.8 Å². The maximum Gasteiger partial charge on any atom is 0.228 e. The number of hydrogen-bond acceptors (Lipinski definition) is 3. The van der Waals surface area contributed by atoms with E-state index < -0.39 is 0 Å². The highest BCUT2D eigenvalue weighted by molar-refractivity contribution is 5.90. The lowest BCUT2D eigenvalue weighted by Gasteiger charge is -2.38. The molecule has 96 valence electrons. The van der Waals surface area contributed by atoms with Crippen molar-refractivity contribution in [3.8, 4) is 0 Å². The first kappa shape index (κ1) is 12.4. The van der Waals surface area contributed by atoms with Gasteiger partial charge in [0.1, 0.15) is 0 Å². The van der Waals surface area contributed by atoms with Crippen molar-refractivity contribution in [3.63, 3.8) is 0 Å². The molecule has 0 aromatic rings. The number of β-amino-alcohol motifs (C(OH)–C–C–N with tert-alkyl or cyclic N) is 1. The summed E-state index contributed by atoms with van der Waals surface area (Å²) in [5.74, 6) is -0.165. The van der Waals surface area contributed by atoms with Gasteiger partial charge in [-0.2, -0.15) is 0 Å². The Bertz CT molecular complexity index is 342. The predicted octanol–water partition coefficient (Wildman–Crippen LogP) is -0.164.